The van der Waals surface area contributed by atoms with Gasteiger partial charge < -0.3 is 19.7 Å². The van der Waals surface area contributed by atoms with E-state index in [2.05, 4.69) is 0 Å². The van der Waals surface area contributed by atoms with Gasteiger partial charge >= 0.3 is 5.97 Å². The van der Waals surface area contributed by atoms with Gasteiger partial charge in [0.05, 0.1) is 17.2 Å². The summed E-state index contributed by atoms with van der Waals surface area (Å²) in [6.45, 7) is 1.79. The summed E-state index contributed by atoms with van der Waals surface area (Å²) in [4.78, 5) is 27.7. The second-order valence-corrected chi connectivity index (χ2v) is 12.1. The average molecular weight is 649 g/mol. The summed E-state index contributed by atoms with van der Waals surface area (Å²) in [5.41, 5.74) is -5.56. The number of aliphatic hydroxyl groups is 1. The summed E-state index contributed by atoms with van der Waals surface area (Å²) < 4.78 is 44.5. The molecule has 0 aliphatic carbocycles. The number of hydrogen-bond donors (Lipinski definition) is 2. The number of rotatable bonds is 10. The SMILES string of the molecule is CCC(O)(c1cc(F)c2c(c1)C(=O)N([C@@H](CCC(=O)O)c1ccc(Cl)cc1)[C@@]2(OC)c1ccc(Cl)cc1)C1(F)CCOCC1. The molecule has 2 aliphatic heterocycles. The monoisotopic (exact) mass is 647 g/mol. The molecule has 0 radical (unpaired) electrons. The highest BCUT2D eigenvalue weighted by molar-refractivity contribution is 6.30. The van der Waals surface area contributed by atoms with E-state index < -0.39 is 40.7 Å². The Morgan fingerprint density at radius 1 is 1.09 bits per heavy atom. The standard InChI is InChI=1S/C33H33Cl2F2NO6/c1-3-32(42,31(37)14-16-44-17-15-31)22-18-25-29(26(36)19-22)33(43-2,21-6-10-24(35)11-7-21)38(30(25)41)27(12-13-28(39)40)20-4-8-23(34)9-5-20/h4-11,18-19,27,42H,3,12-17H2,1-2H3,(H,39,40)/t27-,32?,33+/m0/s1. The molecular formula is C33H33Cl2F2NO6. The van der Waals surface area contributed by atoms with E-state index in [1.165, 1.54) is 18.1 Å². The molecule has 7 nitrogen and oxygen atoms in total. The van der Waals surface area contributed by atoms with Crippen molar-refractivity contribution in [1.29, 1.82) is 0 Å². The Balaban J connectivity index is 1.77. The van der Waals surface area contributed by atoms with E-state index >= 15 is 8.78 Å². The Labute approximate surface area is 264 Å². The first-order valence-electron chi connectivity index (χ1n) is 14.4. The van der Waals surface area contributed by atoms with Gasteiger partial charge in [-0.2, -0.15) is 0 Å². The van der Waals surface area contributed by atoms with E-state index in [9.17, 15) is 19.8 Å². The summed E-state index contributed by atoms with van der Waals surface area (Å²) in [5, 5.41) is 22.3. The van der Waals surface area contributed by atoms with Crippen LogP contribution < -0.4 is 0 Å². The molecule has 0 bridgehead atoms. The average Bonchev–Trinajstić information content (AvgIpc) is 3.27. The van der Waals surface area contributed by atoms with Crippen LogP contribution in [0.25, 0.3) is 0 Å². The fourth-order valence-electron chi connectivity index (χ4n) is 6.67. The molecule has 2 heterocycles. The van der Waals surface area contributed by atoms with Gasteiger partial charge in [-0.1, -0.05) is 54.4 Å². The van der Waals surface area contributed by atoms with Gasteiger partial charge in [0.15, 0.2) is 5.72 Å². The fraction of sp³-hybridized carbons (Fsp3) is 0.394. The van der Waals surface area contributed by atoms with Crippen LogP contribution in [0.4, 0.5) is 8.78 Å². The number of alkyl halides is 1. The summed E-state index contributed by atoms with van der Waals surface area (Å²) >= 11 is 12.3. The van der Waals surface area contributed by atoms with E-state index in [1.807, 2.05) is 0 Å². The Morgan fingerprint density at radius 2 is 1.68 bits per heavy atom. The lowest BCUT2D eigenvalue weighted by atomic mass is 9.72. The van der Waals surface area contributed by atoms with Crippen LogP contribution in [0.15, 0.2) is 60.7 Å². The first-order valence-corrected chi connectivity index (χ1v) is 15.1. The molecule has 2 N–H and O–H groups in total. The Hall–Kier alpha value is -3.08. The smallest absolute Gasteiger partial charge is 0.303 e. The minimum atomic E-state index is -2.12. The molecule has 3 aromatic rings. The first-order chi connectivity index (χ1) is 20.9. The Morgan fingerprint density at radius 3 is 2.23 bits per heavy atom. The van der Waals surface area contributed by atoms with Gasteiger partial charge in [0.2, 0.25) is 0 Å². The van der Waals surface area contributed by atoms with Gasteiger partial charge in [0.25, 0.3) is 5.91 Å². The van der Waals surface area contributed by atoms with Crippen molar-refractivity contribution in [1.82, 2.24) is 4.90 Å². The van der Waals surface area contributed by atoms with Crippen LogP contribution in [0.2, 0.25) is 10.0 Å². The molecule has 1 fully saturated rings. The lowest BCUT2D eigenvalue weighted by Gasteiger charge is -2.44. The number of fused-ring (bicyclic) bond motifs is 1. The number of aliphatic carboxylic acids is 1. The van der Waals surface area contributed by atoms with Crippen molar-refractivity contribution in [3.05, 3.63) is 104 Å². The molecule has 2 aliphatic rings. The number of hydrogen-bond acceptors (Lipinski definition) is 5. The number of amides is 1. The minimum Gasteiger partial charge on any atom is -0.481 e. The van der Waals surface area contributed by atoms with Gasteiger partial charge in [-0.15, -0.1) is 0 Å². The Kier molecular flexibility index (Phi) is 9.08. The highest BCUT2D eigenvalue weighted by Crippen LogP contribution is 2.53. The van der Waals surface area contributed by atoms with E-state index in [4.69, 9.17) is 32.7 Å². The molecule has 1 amide bonds. The van der Waals surface area contributed by atoms with Crippen molar-refractivity contribution in [2.24, 2.45) is 0 Å². The van der Waals surface area contributed by atoms with Gasteiger partial charge in [-0.25, -0.2) is 8.78 Å². The van der Waals surface area contributed by atoms with Crippen LogP contribution >= 0.6 is 23.2 Å². The van der Waals surface area contributed by atoms with E-state index in [1.54, 1.807) is 55.5 Å². The number of carbonyl (C=O) groups is 2. The molecule has 1 saturated heterocycles. The maximum atomic E-state index is 16.7. The number of carbonyl (C=O) groups excluding carboxylic acids is 1. The molecule has 0 saturated carbocycles. The van der Waals surface area contributed by atoms with E-state index in [0.29, 0.717) is 21.2 Å². The molecule has 0 spiro atoms. The second kappa shape index (κ2) is 12.4. The maximum absolute atomic E-state index is 16.7. The second-order valence-electron chi connectivity index (χ2n) is 11.2. The zero-order chi connectivity index (χ0) is 31.9. The number of nitrogens with zero attached hydrogens (tertiary/aromatic N) is 1. The minimum absolute atomic E-state index is 0.0453. The van der Waals surface area contributed by atoms with Gasteiger partial charge in [-0.05, 0) is 60.4 Å². The van der Waals surface area contributed by atoms with Gasteiger partial charge in [0.1, 0.15) is 17.1 Å². The number of carboxylic acid groups (broad SMARTS) is 1. The highest BCUT2D eigenvalue weighted by Gasteiger charge is 2.58. The quantitative estimate of drug-likeness (QED) is 0.242. The van der Waals surface area contributed by atoms with Crippen molar-refractivity contribution in [2.75, 3.05) is 20.3 Å². The fourth-order valence-corrected chi connectivity index (χ4v) is 6.92. The predicted molar refractivity (Wildman–Crippen MR) is 161 cm³/mol. The van der Waals surface area contributed by atoms with Crippen LogP contribution in [-0.2, 0) is 25.6 Å². The zero-order valence-electron chi connectivity index (χ0n) is 24.3. The van der Waals surface area contributed by atoms with Gasteiger partial charge in [-0.3, -0.25) is 14.5 Å². The van der Waals surface area contributed by atoms with Crippen LogP contribution in [0.3, 0.4) is 0 Å². The van der Waals surface area contributed by atoms with Crippen molar-refractivity contribution < 1.29 is 38.1 Å². The predicted octanol–water partition coefficient (Wildman–Crippen LogP) is 7.16. The topological polar surface area (TPSA) is 96.3 Å². The van der Waals surface area contributed by atoms with E-state index in [-0.39, 0.29) is 62.0 Å². The van der Waals surface area contributed by atoms with Crippen LogP contribution in [0.1, 0.15) is 77.7 Å². The number of benzene rings is 3. The maximum Gasteiger partial charge on any atom is 0.303 e. The van der Waals surface area contributed by atoms with Crippen molar-refractivity contribution in [3.8, 4) is 0 Å². The largest absolute Gasteiger partial charge is 0.481 e. The van der Waals surface area contributed by atoms with E-state index in [0.717, 1.165) is 6.07 Å². The number of methoxy groups -OCH3 is 1. The van der Waals surface area contributed by atoms with Crippen molar-refractivity contribution in [2.45, 2.75) is 62.1 Å². The van der Waals surface area contributed by atoms with Crippen LogP contribution in [-0.4, -0.2) is 53.0 Å². The molecule has 5 rings (SSSR count). The normalized spacial score (nSPS) is 21.5. The number of carboxylic acids is 1. The molecule has 44 heavy (non-hydrogen) atoms. The van der Waals surface area contributed by atoms with Crippen molar-refractivity contribution in [3.63, 3.8) is 0 Å². The molecule has 3 aromatic carbocycles. The van der Waals surface area contributed by atoms with Gasteiger partial charge in [0, 0.05) is 55.2 Å². The highest BCUT2D eigenvalue weighted by atomic mass is 35.5. The van der Waals surface area contributed by atoms with Crippen LogP contribution in [0, 0.1) is 5.82 Å². The summed E-state index contributed by atoms with van der Waals surface area (Å²) in [6, 6.07) is 14.4. The zero-order valence-corrected chi connectivity index (χ0v) is 25.8. The summed E-state index contributed by atoms with van der Waals surface area (Å²) in [5.74, 6) is -2.66. The molecule has 11 heteroatoms. The summed E-state index contributed by atoms with van der Waals surface area (Å²) in [6.07, 6.45) is -0.647. The first kappa shape index (κ1) is 32.3. The van der Waals surface area contributed by atoms with Crippen LogP contribution in [0.5, 0.6) is 0 Å². The molecule has 234 valence electrons. The molecule has 0 aromatic heterocycles. The summed E-state index contributed by atoms with van der Waals surface area (Å²) in [7, 11) is 1.33. The third-order valence-corrected chi connectivity index (χ3v) is 9.47. The third-order valence-electron chi connectivity index (χ3n) is 8.96. The molecule has 3 atom stereocenters. The lowest BCUT2D eigenvalue weighted by Crippen LogP contribution is -2.51. The van der Waals surface area contributed by atoms with Crippen molar-refractivity contribution >= 4 is 35.1 Å². The molecule has 1 unspecified atom stereocenters. The number of ether oxygens (including phenoxy) is 2. The lowest BCUT2D eigenvalue weighted by molar-refractivity contribution is -0.155. The number of halogens is 4. The molecular weight excluding hydrogens is 615 g/mol. The third kappa shape index (κ3) is 5.28. The Bertz CT molecular complexity index is 1550.